The number of benzene rings is 3. The maximum atomic E-state index is 6.01. The van der Waals surface area contributed by atoms with Crippen molar-refractivity contribution >= 4 is 23.5 Å². The summed E-state index contributed by atoms with van der Waals surface area (Å²) < 4.78 is 1.86. The lowest BCUT2D eigenvalue weighted by atomic mass is 10.1. The van der Waals surface area contributed by atoms with Gasteiger partial charge in [0.25, 0.3) is 0 Å². The molecule has 0 aliphatic carbocycles. The van der Waals surface area contributed by atoms with Crippen molar-refractivity contribution < 1.29 is 0 Å². The third-order valence-electron chi connectivity index (χ3n) is 4.03. The molecule has 0 saturated carbocycles. The number of para-hydroxylation sites is 1. The lowest BCUT2D eigenvalue weighted by Crippen LogP contribution is -1.93. The van der Waals surface area contributed by atoms with E-state index in [2.05, 4.69) is 10.5 Å². The Hall–Kier alpha value is -3.37. The second-order valence-corrected chi connectivity index (χ2v) is 6.40. The first-order chi connectivity index (χ1) is 13.3. The zero-order valence-corrected chi connectivity index (χ0v) is 15.2. The lowest BCUT2D eigenvalue weighted by Gasteiger charge is -2.00. The fourth-order valence-electron chi connectivity index (χ4n) is 2.75. The molecule has 4 nitrogen and oxygen atoms in total. The molecule has 27 heavy (non-hydrogen) atoms. The number of aromatic nitrogens is 2. The molecule has 0 spiro atoms. The predicted octanol–water partition coefficient (Wildman–Crippen LogP) is 5.64. The van der Waals surface area contributed by atoms with Crippen LogP contribution in [0.2, 0.25) is 5.02 Å². The first-order valence-corrected chi connectivity index (χ1v) is 8.92. The first kappa shape index (κ1) is 17.1. The van der Waals surface area contributed by atoms with Gasteiger partial charge in [-0.25, -0.2) is 4.68 Å². The summed E-state index contributed by atoms with van der Waals surface area (Å²) in [6.45, 7) is 0. The molecular formula is C22H17ClN4. The second kappa shape index (κ2) is 7.89. The summed E-state index contributed by atoms with van der Waals surface area (Å²) in [7, 11) is 0. The van der Waals surface area contributed by atoms with E-state index in [-0.39, 0.29) is 0 Å². The number of hydrogen-bond acceptors (Lipinski definition) is 3. The summed E-state index contributed by atoms with van der Waals surface area (Å²) in [5, 5.41) is 9.79. The van der Waals surface area contributed by atoms with Gasteiger partial charge in [0.2, 0.25) is 0 Å². The Morgan fingerprint density at radius 1 is 0.889 bits per heavy atom. The molecule has 0 radical (unpaired) electrons. The summed E-state index contributed by atoms with van der Waals surface area (Å²) in [5.41, 5.74) is 7.66. The minimum Gasteiger partial charge on any atom is -0.278 e. The van der Waals surface area contributed by atoms with Crippen molar-refractivity contribution in [3.05, 3.63) is 102 Å². The molecule has 0 aliphatic heterocycles. The van der Waals surface area contributed by atoms with Gasteiger partial charge in [-0.15, -0.1) is 0 Å². The molecule has 4 aromatic rings. The summed E-state index contributed by atoms with van der Waals surface area (Å²) in [5.74, 6) is 0. The van der Waals surface area contributed by atoms with Gasteiger partial charge in [0.15, 0.2) is 0 Å². The predicted molar refractivity (Wildman–Crippen MR) is 112 cm³/mol. The van der Waals surface area contributed by atoms with Crippen LogP contribution in [0.3, 0.4) is 0 Å². The second-order valence-electron chi connectivity index (χ2n) is 5.96. The van der Waals surface area contributed by atoms with E-state index in [0.29, 0.717) is 5.02 Å². The number of halogens is 1. The number of hydrazone groups is 1. The van der Waals surface area contributed by atoms with Crippen molar-refractivity contribution in [2.75, 3.05) is 5.43 Å². The molecule has 3 aromatic carbocycles. The van der Waals surface area contributed by atoms with Crippen molar-refractivity contribution in [1.82, 2.24) is 9.78 Å². The van der Waals surface area contributed by atoms with Crippen LogP contribution >= 0.6 is 11.6 Å². The zero-order chi connectivity index (χ0) is 18.5. The maximum Gasteiger partial charge on any atom is 0.102 e. The van der Waals surface area contributed by atoms with Crippen LogP contribution in [0.5, 0.6) is 0 Å². The molecule has 1 N–H and O–H groups in total. The minimum absolute atomic E-state index is 0.664. The minimum atomic E-state index is 0.664. The van der Waals surface area contributed by atoms with Crippen LogP contribution in [0.15, 0.2) is 96.2 Å². The lowest BCUT2D eigenvalue weighted by molar-refractivity contribution is 0.884. The normalized spacial score (nSPS) is 11.0. The Morgan fingerprint density at radius 2 is 1.63 bits per heavy atom. The highest BCUT2D eigenvalue weighted by atomic mass is 35.5. The SMILES string of the molecule is Clc1cccc(N/N=C\c2cn(-c3ccccc3)nc2-c2ccccc2)c1. The molecule has 0 amide bonds. The molecule has 1 heterocycles. The van der Waals surface area contributed by atoms with Crippen LogP contribution in [-0.4, -0.2) is 16.0 Å². The average Bonchev–Trinajstić information content (AvgIpc) is 3.14. The van der Waals surface area contributed by atoms with Gasteiger partial charge in [-0.3, -0.25) is 5.43 Å². The first-order valence-electron chi connectivity index (χ1n) is 8.55. The Kier molecular flexibility index (Phi) is 4.99. The molecule has 4 rings (SSSR count). The molecule has 0 fully saturated rings. The number of nitrogens with one attached hydrogen (secondary N) is 1. The van der Waals surface area contributed by atoms with Gasteiger partial charge in [0.1, 0.15) is 5.69 Å². The highest BCUT2D eigenvalue weighted by Gasteiger charge is 2.10. The molecule has 5 heteroatoms. The average molecular weight is 373 g/mol. The fraction of sp³-hybridized carbons (Fsp3) is 0. The largest absolute Gasteiger partial charge is 0.278 e. The molecule has 0 saturated heterocycles. The molecule has 0 atom stereocenters. The highest BCUT2D eigenvalue weighted by molar-refractivity contribution is 6.30. The molecule has 0 bridgehead atoms. The number of hydrogen-bond donors (Lipinski definition) is 1. The Balaban J connectivity index is 1.68. The maximum absolute atomic E-state index is 6.01. The Bertz CT molecular complexity index is 1060. The van der Waals surface area contributed by atoms with Crippen LogP contribution < -0.4 is 5.43 Å². The van der Waals surface area contributed by atoms with E-state index >= 15 is 0 Å². The van der Waals surface area contributed by atoms with Crippen LogP contribution in [0, 0.1) is 0 Å². The molecule has 0 aliphatic rings. The number of nitrogens with zero attached hydrogens (tertiary/aromatic N) is 3. The van der Waals surface area contributed by atoms with Crippen LogP contribution in [0.25, 0.3) is 16.9 Å². The van der Waals surface area contributed by atoms with Gasteiger partial charge in [-0.1, -0.05) is 66.2 Å². The number of rotatable bonds is 5. The molecular weight excluding hydrogens is 356 g/mol. The van der Waals surface area contributed by atoms with E-state index in [1.165, 1.54) is 0 Å². The van der Waals surface area contributed by atoms with Crippen LogP contribution in [0.4, 0.5) is 5.69 Å². The Morgan fingerprint density at radius 3 is 2.37 bits per heavy atom. The quantitative estimate of drug-likeness (QED) is 0.364. The fourth-order valence-corrected chi connectivity index (χ4v) is 2.94. The van der Waals surface area contributed by atoms with Crippen molar-refractivity contribution in [1.29, 1.82) is 0 Å². The van der Waals surface area contributed by atoms with Gasteiger partial charge in [-0.2, -0.15) is 10.2 Å². The van der Waals surface area contributed by atoms with Gasteiger partial charge in [0, 0.05) is 22.3 Å². The van der Waals surface area contributed by atoms with E-state index in [1.807, 2.05) is 95.8 Å². The van der Waals surface area contributed by atoms with E-state index in [4.69, 9.17) is 16.7 Å². The third-order valence-corrected chi connectivity index (χ3v) is 4.27. The van der Waals surface area contributed by atoms with Gasteiger partial charge >= 0.3 is 0 Å². The van der Waals surface area contributed by atoms with Gasteiger partial charge < -0.3 is 0 Å². The van der Waals surface area contributed by atoms with Gasteiger partial charge in [0.05, 0.1) is 17.6 Å². The van der Waals surface area contributed by atoms with E-state index < -0.39 is 0 Å². The summed E-state index contributed by atoms with van der Waals surface area (Å²) in [4.78, 5) is 0. The monoisotopic (exact) mass is 372 g/mol. The smallest absolute Gasteiger partial charge is 0.102 e. The summed E-state index contributed by atoms with van der Waals surface area (Å²) in [6.07, 6.45) is 3.75. The number of anilines is 1. The van der Waals surface area contributed by atoms with Crippen LogP contribution in [0.1, 0.15) is 5.56 Å². The molecule has 1 aromatic heterocycles. The van der Waals surface area contributed by atoms with Gasteiger partial charge in [-0.05, 0) is 30.3 Å². The van der Waals surface area contributed by atoms with E-state index in [1.54, 1.807) is 6.21 Å². The van der Waals surface area contributed by atoms with E-state index in [0.717, 1.165) is 28.2 Å². The standard InChI is InChI=1S/C22H17ClN4/c23-19-10-7-11-20(14-19)25-24-15-18-16-27(21-12-5-2-6-13-21)26-22(18)17-8-3-1-4-9-17/h1-16,25H/b24-15-. The van der Waals surface area contributed by atoms with E-state index in [9.17, 15) is 0 Å². The summed E-state index contributed by atoms with van der Waals surface area (Å²) in [6, 6.07) is 27.5. The molecule has 0 unspecified atom stereocenters. The Labute approximate surface area is 162 Å². The van der Waals surface area contributed by atoms with Crippen molar-refractivity contribution in [3.8, 4) is 16.9 Å². The highest BCUT2D eigenvalue weighted by Crippen LogP contribution is 2.22. The van der Waals surface area contributed by atoms with Crippen molar-refractivity contribution in [2.24, 2.45) is 5.10 Å². The zero-order valence-electron chi connectivity index (χ0n) is 14.5. The van der Waals surface area contributed by atoms with Crippen LogP contribution in [-0.2, 0) is 0 Å². The molecule has 132 valence electrons. The van der Waals surface area contributed by atoms with Crippen molar-refractivity contribution in [3.63, 3.8) is 0 Å². The van der Waals surface area contributed by atoms with Crippen molar-refractivity contribution in [2.45, 2.75) is 0 Å². The topological polar surface area (TPSA) is 42.2 Å². The third kappa shape index (κ3) is 4.07. The summed E-state index contributed by atoms with van der Waals surface area (Å²) >= 11 is 6.01.